The van der Waals surface area contributed by atoms with E-state index in [1.54, 1.807) is 11.3 Å². The van der Waals surface area contributed by atoms with Crippen molar-refractivity contribution >= 4 is 11.3 Å². The zero-order valence-corrected chi connectivity index (χ0v) is 11.6. The SMILES string of the molecule is CCN(CC)Cc1nc(CNC(C)C)cs1. The summed E-state index contributed by atoms with van der Waals surface area (Å²) in [6, 6.07) is 0.521. The molecule has 0 aromatic carbocycles. The van der Waals surface area contributed by atoms with Crippen LogP contribution in [0.25, 0.3) is 0 Å². The van der Waals surface area contributed by atoms with Gasteiger partial charge in [-0.05, 0) is 13.1 Å². The molecule has 0 saturated carbocycles. The van der Waals surface area contributed by atoms with Gasteiger partial charge in [-0.1, -0.05) is 27.7 Å². The van der Waals surface area contributed by atoms with Gasteiger partial charge in [-0.15, -0.1) is 11.3 Å². The van der Waals surface area contributed by atoms with Gasteiger partial charge in [0.05, 0.1) is 12.2 Å². The van der Waals surface area contributed by atoms with E-state index in [-0.39, 0.29) is 0 Å². The summed E-state index contributed by atoms with van der Waals surface area (Å²) in [7, 11) is 0. The Morgan fingerprint density at radius 1 is 1.38 bits per heavy atom. The first-order chi connectivity index (χ1) is 7.65. The van der Waals surface area contributed by atoms with E-state index in [1.807, 2.05) is 0 Å². The average molecular weight is 241 g/mol. The number of nitrogens with one attached hydrogen (secondary N) is 1. The van der Waals surface area contributed by atoms with Crippen molar-refractivity contribution in [2.75, 3.05) is 13.1 Å². The van der Waals surface area contributed by atoms with Gasteiger partial charge in [0, 0.05) is 18.0 Å². The van der Waals surface area contributed by atoms with Crippen molar-refractivity contribution in [1.29, 1.82) is 0 Å². The number of thiazole rings is 1. The summed E-state index contributed by atoms with van der Waals surface area (Å²) >= 11 is 1.77. The predicted octanol–water partition coefficient (Wildman–Crippen LogP) is 2.48. The first kappa shape index (κ1) is 13.6. The molecular formula is C12H23N3S. The standard InChI is InChI=1S/C12H23N3S/c1-5-15(6-2)8-12-14-11(9-16-12)7-13-10(3)4/h9-10,13H,5-8H2,1-4H3. The van der Waals surface area contributed by atoms with Gasteiger partial charge in [0.25, 0.3) is 0 Å². The van der Waals surface area contributed by atoms with Crippen molar-refractivity contribution in [2.24, 2.45) is 0 Å². The zero-order valence-electron chi connectivity index (χ0n) is 10.8. The Balaban J connectivity index is 2.44. The smallest absolute Gasteiger partial charge is 0.107 e. The van der Waals surface area contributed by atoms with Crippen LogP contribution in [0.2, 0.25) is 0 Å². The van der Waals surface area contributed by atoms with Crippen LogP contribution in [0.15, 0.2) is 5.38 Å². The maximum atomic E-state index is 4.63. The summed E-state index contributed by atoms with van der Waals surface area (Å²) in [4.78, 5) is 7.02. The van der Waals surface area contributed by atoms with E-state index in [0.717, 1.165) is 26.2 Å². The van der Waals surface area contributed by atoms with Crippen LogP contribution in [0.1, 0.15) is 38.4 Å². The van der Waals surface area contributed by atoms with Crippen LogP contribution in [0, 0.1) is 0 Å². The minimum absolute atomic E-state index is 0.521. The first-order valence-electron chi connectivity index (χ1n) is 6.04. The van der Waals surface area contributed by atoms with Gasteiger partial charge in [0.2, 0.25) is 0 Å². The lowest BCUT2D eigenvalue weighted by Gasteiger charge is -2.15. The molecule has 16 heavy (non-hydrogen) atoms. The maximum Gasteiger partial charge on any atom is 0.107 e. The van der Waals surface area contributed by atoms with Crippen LogP contribution in [-0.4, -0.2) is 29.0 Å². The Labute approximate surface area is 103 Å². The summed E-state index contributed by atoms with van der Waals surface area (Å²) < 4.78 is 0. The third-order valence-electron chi connectivity index (χ3n) is 2.54. The van der Waals surface area contributed by atoms with E-state index in [9.17, 15) is 0 Å². The molecule has 1 aromatic rings. The van der Waals surface area contributed by atoms with Crippen LogP contribution >= 0.6 is 11.3 Å². The van der Waals surface area contributed by atoms with E-state index in [1.165, 1.54) is 10.7 Å². The molecule has 0 aliphatic heterocycles. The van der Waals surface area contributed by atoms with Gasteiger partial charge in [-0.25, -0.2) is 4.98 Å². The van der Waals surface area contributed by atoms with E-state index >= 15 is 0 Å². The monoisotopic (exact) mass is 241 g/mol. The summed E-state index contributed by atoms with van der Waals surface area (Å²) in [5.74, 6) is 0. The molecule has 1 aromatic heterocycles. The molecule has 0 amide bonds. The minimum atomic E-state index is 0.521. The molecule has 0 aliphatic rings. The Bertz CT molecular complexity index is 292. The molecule has 92 valence electrons. The third kappa shape index (κ3) is 4.60. The predicted molar refractivity (Wildman–Crippen MR) is 70.7 cm³/mol. The second-order valence-electron chi connectivity index (χ2n) is 4.23. The van der Waals surface area contributed by atoms with Gasteiger partial charge in [0.1, 0.15) is 5.01 Å². The highest BCUT2D eigenvalue weighted by Crippen LogP contribution is 2.12. The molecule has 1 rings (SSSR count). The van der Waals surface area contributed by atoms with Crippen LogP contribution < -0.4 is 5.32 Å². The normalized spacial score (nSPS) is 11.6. The van der Waals surface area contributed by atoms with Gasteiger partial charge in [0.15, 0.2) is 0 Å². The Morgan fingerprint density at radius 2 is 2.06 bits per heavy atom. The summed E-state index contributed by atoms with van der Waals surface area (Å²) in [6.07, 6.45) is 0. The average Bonchev–Trinajstić information content (AvgIpc) is 2.70. The van der Waals surface area contributed by atoms with E-state index in [2.05, 4.69) is 48.3 Å². The second-order valence-corrected chi connectivity index (χ2v) is 5.17. The van der Waals surface area contributed by atoms with Crippen LogP contribution in [0.5, 0.6) is 0 Å². The summed E-state index contributed by atoms with van der Waals surface area (Å²) in [5, 5.41) is 6.77. The van der Waals surface area contributed by atoms with Gasteiger partial charge in [-0.3, -0.25) is 4.90 Å². The molecular weight excluding hydrogens is 218 g/mol. The van der Waals surface area contributed by atoms with Crippen molar-refractivity contribution in [2.45, 2.75) is 46.8 Å². The van der Waals surface area contributed by atoms with Crippen molar-refractivity contribution in [3.8, 4) is 0 Å². The number of nitrogens with zero attached hydrogens (tertiary/aromatic N) is 2. The highest BCUT2D eigenvalue weighted by Gasteiger charge is 2.06. The molecule has 1 N–H and O–H groups in total. The van der Waals surface area contributed by atoms with Gasteiger partial charge in [-0.2, -0.15) is 0 Å². The van der Waals surface area contributed by atoms with Crippen molar-refractivity contribution in [3.05, 3.63) is 16.1 Å². The van der Waals surface area contributed by atoms with Gasteiger partial charge >= 0.3 is 0 Å². The number of hydrogen-bond acceptors (Lipinski definition) is 4. The number of rotatable bonds is 7. The fourth-order valence-corrected chi connectivity index (χ4v) is 2.29. The molecule has 0 radical (unpaired) electrons. The lowest BCUT2D eigenvalue weighted by molar-refractivity contribution is 0.295. The highest BCUT2D eigenvalue weighted by molar-refractivity contribution is 7.09. The Morgan fingerprint density at radius 3 is 2.62 bits per heavy atom. The summed E-state index contributed by atoms with van der Waals surface area (Å²) in [6.45, 7) is 12.8. The molecule has 0 spiro atoms. The van der Waals surface area contributed by atoms with Crippen molar-refractivity contribution < 1.29 is 0 Å². The number of hydrogen-bond donors (Lipinski definition) is 1. The first-order valence-corrected chi connectivity index (χ1v) is 6.92. The molecule has 0 unspecified atom stereocenters. The molecule has 0 atom stereocenters. The van der Waals surface area contributed by atoms with Crippen LogP contribution in [0.3, 0.4) is 0 Å². The molecule has 1 heterocycles. The summed E-state index contributed by atoms with van der Waals surface area (Å²) in [5.41, 5.74) is 1.17. The molecule has 4 heteroatoms. The Kier molecular flexibility index (Phi) is 5.95. The molecule has 0 bridgehead atoms. The quantitative estimate of drug-likeness (QED) is 0.795. The van der Waals surface area contributed by atoms with E-state index in [0.29, 0.717) is 6.04 Å². The zero-order chi connectivity index (χ0) is 12.0. The highest BCUT2D eigenvalue weighted by atomic mass is 32.1. The lowest BCUT2D eigenvalue weighted by atomic mass is 10.4. The fourth-order valence-electron chi connectivity index (χ4n) is 1.45. The van der Waals surface area contributed by atoms with E-state index in [4.69, 9.17) is 0 Å². The van der Waals surface area contributed by atoms with E-state index < -0.39 is 0 Å². The fraction of sp³-hybridized carbons (Fsp3) is 0.750. The largest absolute Gasteiger partial charge is 0.309 e. The van der Waals surface area contributed by atoms with Crippen molar-refractivity contribution in [3.63, 3.8) is 0 Å². The lowest BCUT2D eigenvalue weighted by Crippen LogP contribution is -2.23. The molecule has 3 nitrogen and oxygen atoms in total. The third-order valence-corrected chi connectivity index (χ3v) is 3.43. The molecule has 0 aliphatic carbocycles. The van der Waals surface area contributed by atoms with Crippen LogP contribution in [0.4, 0.5) is 0 Å². The molecule has 0 fully saturated rings. The Hall–Kier alpha value is -0.450. The number of aromatic nitrogens is 1. The van der Waals surface area contributed by atoms with Crippen molar-refractivity contribution in [1.82, 2.24) is 15.2 Å². The van der Waals surface area contributed by atoms with Crippen LogP contribution in [-0.2, 0) is 13.1 Å². The van der Waals surface area contributed by atoms with Gasteiger partial charge < -0.3 is 5.32 Å². The topological polar surface area (TPSA) is 28.2 Å². The maximum absolute atomic E-state index is 4.63. The minimum Gasteiger partial charge on any atom is -0.309 e. The second kappa shape index (κ2) is 6.99. The molecule has 0 saturated heterocycles.